The van der Waals surface area contributed by atoms with Crippen molar-refractivity contribution < 1.29 is 4.42 Å². The molecule has 144 valence electrons. The summed E-state index contributed by atoms with van der Waals surface area (Å²) in [6, 6.07) is 12.1. The molecule has 0 saturated carbocycles. The number of hydrogen-bond donors (Lipinski definition) is 3. The summed E-state index contributed by atoms with van der Waals surface area (Å²) in [5.74, 6) is 2.80. The average Bonchev–Trinajstić information content (AvgIpc) is 3.36. The second-order valence-electron chi connectivity index (χ2n) is 5.81. The molecule has 27 heavy (non-hydrogen) atoms. The van der Waals surface area contributed by atoms with Crippen molar-refractivity contribution in [2.24, 2.45) is 4.99 Å². The van der Waals surface area contributed by atoms with Gasteiger partial charge in [0.05, 0.1) is 6.26 Å². The van der Waals surface area contributed by atoms with E-state index in [1.807, 2.05) is 12.1 Å². The Morgan fingerprint density at radius 2 is 1.96 bits per heavy atom. The highest BCUT2D eigenvalue weighted by Crippen LogP contribution is 2.14. The standard InChI is InChI=1S/C19H24N6O.HI/c1-3-14-7-4-5-8-15(14)13-22-19(20-2)21-11-10-17-23-18(25-24-17)16-9-6-12-26-16;/h4-9,12H,3,10-11,13H2,1-2H3,(H2,20,21,22)(H,23,24,25);1H. The largest absolute Gasteiger partial charge is 0.461 e. The Labute approximate surface area is 176 Å². The van der Waals surface area contributed by atoms with Crippen LogP contribution in [0.25, 0.3) is 11.6 Å². The molecule has 0 unspecified atom stereocenters. The van der Waals surface area contributed by atoms with Crippen LogP contribution in [0.2, 0.25) is 0 Å². The van der Waals surface area contributed by atoms with Crippen LogP contribution in [-0.4, -0.2) is 34.7 Å². The van der Waals surface area contributed by atoms with Crippen molar-refractivity contribution in [3.05, 3.63) is 59.6 Å². The van der Waals surface area contributed by atoms with Gasteiger partial charge in [0.1, 0.15) is 5.82 Å². The number of H-pyrrole nitrogens is 1. The van der Waals surface area contributed by atoms with E-state index < -0.39 is 0 Å². The molecule has 0 bridgehead atoms. The Hall–Kier alpha value is -2.36. The van der Waals surface area contributed by atoms with Gasteiger partial charge in [-0.15, -0.1) is 24.0 Å². The van der Waals surface area contributed by atoms with Gasteiger partial charge in [-0.25, -0.2) is 4.98 Å². The molecule has 8 heteroatoms. The maximum absolute atomic E-state index is 5.30. The highest BCUT2D eigenvalue weighted by atomic mass is 127. The van der Waals surface area contributed by atoms with Crippen molar-refractivity contribution in [2.75, 3.05) is 13.6 Å². The second kappa shape index (κ2) is 10.7. The average molecular weight is 480 g/mol. The summed E-state index contributed by atoms with van der Waals surface area (Å²) in [5, 5.41) is 13.8. The van der Waals surface area contributed by atoms with Gasteiger partial charge in [-0.1, -0.05) is 31.2 Å². The number of hydrogen-bond acceptors (Lipinski definition) is 4. The molecule has 0 saturated heterocycles. The summed E-state index contributed by atoms with van der Waals surface area (Å²) < 4.78 is 5.30. The Kier molecular flexibility index (Phi) is 8.31. The lowest BCUT2D eigenvalue weighted by atomic mass is 10.1. The summed E-state index contributed by atoms with van der Waals surface area (Å²) in [6.45, 7) is 3.61. The van der Waals surface area contributed by atoms with Gasteiger partial charge in [0.15, 0.2) is 11.7 Å². The molecule has 0 radical (unpaired) electrons. The molecule has 3 rings (SSSR count). The van der Waals surface area contributed by atoms with E-state index in [0.717, 1.165) is 24.7 Å². The number of nitrogens with one attached hydrogen (secondary N) is 3. The van der Waals surface area contributed by atoms with E-state index in [0.29, 0.717) is 24.6 Å². The number of halogens is 1. The molecule has 0 aliphatic rings. The first-order valence-electron chi connectivity index (χ1n) is 8.76. The zero-order valence-corrected chi connectivity index (χ0v) is 17.9. The number of nitrogens with zero attached hydrogens (tertiary/aromatic N) is 3. The molecule has 0 aliphatic heterocycles. The highest BCUT2D eigenvalue weighted by Gasteiger charge is 2.08. The number of aliphatic imine (C=N–C) groups is 1. The quantitative estimate of drug-likeness (QED) is 0.275. The van der Waals surface area contributed by atoms with Crippen LogP contribution in [0.5, 0.6) is 0 Å². The predicted octanol–water partition coefficient (Wildman–Crippen LogP) is 3.15. The maximum atomic E-state index is 5.30. The first-order chi connectivity index (χ1) is 12.8. The van der Waals surface area contributed by atoms with Gasteiger partial charge in [0.25, 0.3) is 0 Å². The molecule has 0 amide bonds. The van der Waals surface area contributed by atoms with Crippen LogP contribution in [0.4, 0.5) is 0 Å². The van der Waals surface area contributed by atoms with Crippen molar-refractivity contribution in [1.29, 1.82) is 0 Å². The van der Waals surface area contributed by atoms with Crippen molar-refractivity contribution >= 4 is 29.9 Å². The Balaban J connectivity index is 0.00000261. The van der Waals surface area contributed by atoms with Gasteiger partial charge in [-0.2, -0.15) is 5.10 Å². The third-order valence-corrected chi connectivity index (χ3v) is 4.10. The fourth-order valence-electron chi connectivity index (χ4n) is 2.70. The molecule has 7 nitrogen and oxygen atoms in total. The molecule has 0 spiro atoms. The minimum absolute atomic E-state index is 0. The predicted molar refractivity (Wildman–Crippen MR) is 117 cm³/mol. The summed E-state index contributed by atoms with van der Waals surface area (Å²) >= 11 is 0. The van der Waals surface area contributed by atoms with E-state index in [1.165, 1.54) is 11.1 Å². The van der Waals surface area contributed by atoms with E-state index in [1.54, 1.807) is 13.3 Å². The van der Waals surface area contributed by atoms with Crippen LogP contribution in [0.3, 0.4) is 0 Å². The summed E-state index contributed by atoms with van der Waals surface area (Å²) in [4.78, 5) is 8.70. The van der Waals surface area contributed by atoms with Crippen LogP contribution in [0, 0.1) is 0 Å². The molecular formula is C19H25IN6O. The van der Waals surface area contributed by atoms with E-state index in [2.05, 4.69) is 62.0 Å². The number of benzene rings is 1. The third-order valence-electron chi connectivity index (χ3n) is 4.10. The van der Waals surface area contributed by atoms with Crippen molar-refractivity contribution in [3.8, 4) is 11.6 Å². The van der Waals surface area contributed by atoms with Gasteiger partial charge in [-0.3, -0.25) is 10.1 Å². The van der Waals surface area contributed by atoms with Gasteiger partial charge in [0, 0.05) is 26.6 Å². The van der Waals surface area contributed by atoms with Gasteiger partial charge in [0.2, 0.25) is 5.82 Å². The fraction of sp³-hybridized carbons (Fsp3) is 0.316. The van der Waals surface area contributed by atoms with Crippen molar-refractivity contribution in [2.45, 2.75) is 26.3 Å². The zero-order valence-electron chi connectivity index (χ0n) is 15.5. The molecule has 3 N–H and O–H groups in total. The smallest absolute Gasteiger partial charge is 0.216 e. The lowest BCUT2D eigenvalue weighted by Gasteiger charge is -2.13. The molecule has 2 heterocycles. The number of guanidine groups is 1. The van der Waals surface area contributed by atoms with E-state index in [4.69, 9.17) is 4.42 Å². The number of aromatic amines is 1. The minimum Gasteiger partial charge on any atom is -0.461 e. The van der Waals surface area contributed by atoms with Gasteiger partial charge in [-0.05, 0) is 29.7 Å². The summed E-state index contributed by atoms with van der Waals surface area (Å²) in [5.41, 5.74) is 2.64. The van der Waals surface area contributed by atoms with Crippen LogP contribution >= 0.6 is 24.0 Å². The Morgan fingerprint density at radius 1 is 1.15 bits per heavy atom. The molecular weight excluding hydrogens is 455 g/mol. The number of rotatable bonds is 7. The lowest BCUT2D eigenvalue weighted by Crippen LogP contribution is -2.38. The lowest BCUT2D eigenvalue weighted by molar-refractivity contribution is 0.577. The maximum Gasteiger partial charge on any atom is 0.216 e. The fourth-order valence-corrected chi connectivity index (χ4v) is 2.70. The molecule has 1 aromatic carbocycles. The third kappa shape index (κ3) is 5.81. The van der Waals surface area contributed by atoms with E-state index in [9.17, 15) is 0 Å². The number of aromatic nitrogens is 3. The van der Waals surface area contributed by atoms with Crippen LogP contribution in [-0.2, 0) is 19.4 Å². The number of aryl methyl sites for hydroxylation is 1. The van der Waals surface area contributed by atoms with Gasteiger partial charge >= 0.3 is 0 Å². The highest BCUT2D eigenvalue weighted by molar-refractivity contribution is 14.0. The van der Waals surface area contributed by atoms with Gasteiger partial charge < -0.3 is 15.1 Å². The number of furan rings is 1. The first-order valence-corrected chi connectivity index (χ1v) is 8.76. The minimum atomic E-state index is 0. The molecule has 0 atom stereocenters. The Morgan fingerprint density at radius 3 is 2.67 bits per heavy atom. The van der Waals surface area contributed by atoms with Crippen molar-refractivity contribution in [3.63, 3.8) is 0 Å². The first kappa shape index (κ1) is 20.9. The van der Waals surface area contributed by atoms with Crippen LogP contribution in [0.15, 0.2) is 52.1 Å². The monoisotopic (exact) mass is 480 g/mol. The van der Waals surface area contributed by atoms with E-state index >= 15 is 0 Å². The van der Waals surface area contributed by atoms with Crippen molar-refractivity contribution in [1.82, 2.24) is 25.8 Å². The second-order valence-corrected chi connectivity index (χ2v) is 5.81. The normalized spacial score (nSPS) is 11.1. The van der Waals surface area contributed by atoms with E-state index in [-0.39, 0.29) is 24.0 Å². The Bertz CT molecular complexity index is 844. The molecule has 3 aromatic rings. The molecule has 2 aromatic heterocycles. The summed E-state index contributed by atoms with van der Waals surface area (Å²) in [7, 11) is 1.77. The topological polar surface area (TPSA) is 91.1 Å². The van der Waals surface area contributed by atoms with Crippen LogP contribution in [0.1, 0.15) is 23.9 Å². The molecule has 0 fully saturated rings. The zero-order chi connectivity index (χ0) is 18.2. The summed E-state index contributed by atoms with van der Waals surface area (Å²) in [6.07, 6.45) is 3.34. The van der Waals surface area contributed by atoms with Crippen LogP contribution < -0.4 is 10.6 Å². The molecule has 0 aliphatic carbocycles. The SMILES string of the molecule is CCc1ccccc1CNC(=NC)NCCc1nc(-c2ccco2)n[nH]1.I.